The molecule has 0 N–H and O–H groups in total. The minimum absolute atomic E-state index is 0.0641. The van der Waals surface area contributed by atoms with E-state index >= 15 is 0 Å². The molecule has 2 aliphatic rings. The first kappa shape index (κ1) is 31.5. The lowest BCUT2D eigenvalue weighted by atomic mass is 9.95. The van der Waals surface area contributed by atoms with Crippen LogP contribution in [0, 0.1) is 16.0 Å². The number of esters is 1. The molecule has 2 aliphatic heterocycles. The first-order valence-electron chi connectivity index (χ1n) is 14.2. The average molecular weight is 686 g/mol. The first-order valence-corrected chi connectivity index (χ1v) is 15.8. The molecule has 0 amide bonds. The molecule has 1 atom stereocenters. The second-order valence-corrected chi connectivity index (χ2v) is 12.6. The second-order valence-electron chi connectivity index (χ2n) is 10.7. The number of non-ortho nitro benzene ring substituents is 1. The molecule has 44 heavy (non-hydrogen) atoms. The molecule has 232 valence electrons. The smallest absolute Gasteiger partial charge is 0.338 e. The van der Waals surface area contributed by atoms with E-state index in [1.54, 1.807) is 38.1 Å². The number of anilines is 1. The molecule has 3 aromatic rings. The molecule has 0 radical (unpaired) electrons. The molecule has 0 aliphatic carbocycles. The number of thiazole rings is 1. The van der Waals surface area contributed by atoms with Gasteiger partial charge in [0.1, 0.15) is 0 Å². The van der Waals surface area contributed by atoms with Crippen molar-refractivity contribution in [2.24, 2.45) is 10.9 Å². The lowest BCUT2D eigenvalue weighted by Crippen LogP contribution is -2.40. The number of nitro groups is 1. The lowest BCUT2D eigenvalue weighted by molar-refractivity contribution is -0.384. The number of rotatable bonds is 8. The van der Waals surface area contributed by atoms with Gasteiger partial charge in [0, 0.05) is 40.9 Å². The molecule has 11 nitrogen and oxygen atoms in total. The Morgan fingerprint density at radius 1 is 1.18 bits per heavy atom. The van der Waals surface area contributed by atoms with Crippen molar-refractivity contribution >= 4 is 50.7 Å². The zero-order valence-electron chi connectivity index (χ0n) is 25.1. The maximum atomic E-state index is 14.3. The molecule has 0 saturated carbocycles. The van der Waals surface area contributed by atoms with Crippen molar-refractivity contribution in [2.75, 3.05) is 38.8 Å². The number of ether oxygens (including phenoxy) is 3. The Morgan fingerprint density at radius 3 is 2.50 bits per heavy atom. The van der Waals surface area contributed by atoms with Crippen LogP contribution in [-0.2, 0) is 9.53 Å². The minimum Gasteiger partial charge on any atom is -0.493 e. The van der Waals surface area contributed by atoms with Gasteiger partial charge in [-0.1, -0.05) is 34.2 Å². The van der Waals surface area contributed by atoms with Gasteiger partial charge in [-0.15, -0.1) is 0 Å². The third-order valence-corrected chi connectivity index (χ3v) is 9.62. The van der Waals surface area contributed by atoms with E-state index in [1.807, 2.05) is 0 Å². The van der Waals surface area contributed by atoms with E-state index in [0.29, 0.717) is 48.0 Å². The van der Waals surface area contributed by atoms with Gasteiger partial charge in [0.15, 0.2) is 16.3 Å². The highest BCUT2D eigenvalue weighted by molar-refractivity contribution is 9.10. The van der Waals surface area contributed by atoms with Gasteiger partial charge in [-0.25, -0.2) is 9.79 Å². The first-order chi connectivity index (χ1) is 21.1. The summed E-state index contributed by atoms with van der Waals surface area (Å²) in [6.45, 7) is 7.41. The number of nitrogens with zero attached hydrogens (tertiary/aromatic N) is 4. The highest BCUT2D eigenvalue weighted by atomic mass is 79.9. The van der Waals surface area contributed by atoms with Crippen LogP contribution in [0.2, 0.25) is 0 Å². The van der Waals surface area contributed by atoms with Crippen LogP contribution < -0.4 is 29.3 Å². The number of piperidine rings is 1. The summed E-state index contributed by atoms with van der Waals surface area (Å²) in [6.07, 6.45) is 3.71. The maximum Gasteiger partial charge on any atom is 0.338 e. The molecule has 0 spiro atoms. The van der Waals surface area contributed by atoms with E-state index in [-0.39, 0.29) is 23.4 Å². The van der Waals surface area contributed by atoms with Gasteiger partial charge in [0.2, 0.25) is 0 Å². The number of allylic oxidation sites excluding steroid dienone is 1. The Morgan fingerprint density at radius 2 is 1.86 bits per heavy atom. The lowest BCUT2D eigenvalue weighted by Gasteiger charge is -2.33. The Labute approximate surface area is 266 Å². The number of methoxy groups -OCH3 is 2. The predicted octanol–water partition coefficient (Wildman–Crippen LogP) is 4.72. The van der Waals surface area contributed by atoms with Gasteiger partial charge in [0.05, 0.1) is 47.6 Å². The summed E-state index contributed by atoms with van der Waals surface area (Å²) in [4.78, 5) is 46.1. The standard InChI is InChI=1S/C31H33BrN4O7S/c1-6-43-30(38)27-18(3)33-31-35(28(27)21-15-24(41-4)25(42-5)16-22(21)32)29(37)26(44-31)14-19-13-20(36(39)40)7-8-23(19)34-11-9-17(2)10-12-34/h7-8,13-17,28H,6,9-12H2,1-5H3/b26-14+/t28-/m1/s1. The van der Waals surface area contributed by atoms with E-state index in [0.717, 1.165) is 43.0 Å². The number of hydrogen-bond acceptors (Lipinski definition) is 10. The highest BCUT2D eigenvalue weighted by Gasteiger charge is 2.35. The summed E-state index contributed by atoms with van der Waals surface area (Å²) in [6, 6.07) is 7.30. The number of halogens is 1. The number of nitro benzene ring substituents is 1. The molecule has 2 aromatic carbocycles. The fourth-order valence-corrected chi connectivity index (χ4v) is 7.19. The zero-order valence-corrected chi connectivity index (χ0v) is 27.5. The molecule has 0 unspecified atom stereocenters. The van der Waals surface area contributed by atoms with Crippen LogP contribution in [0.3, 0.4) is 0 Å². The van der Waals surface area contributed by atoms with Crippen LogP contribution in [0.4, 0.5) is 11.4 Å². The minimum atomic E-state index is -0.894. The van der Waals surface area contributed by atoms with Crippen LogP contribution in [-0.4, -0.2) is 49.4 Å². The van der Waals surface area contributed by atoms with Gasteiger partial charge < -0.3 is 19.1 Å². The molecule has 1 saturated heterocycles. The van der Waals surface area contributed by atoms with Crippen molar-refractivity contribution in [2.45, 2.75) is 39.7 Å². The van der Waals surface area contributed by atoms with E-state index in [9.17, 15) is 19.7 Å². The van der Waals surface area contributed by atoms with Crippen LogP contribution in [0.25, 0.3) is 6.08 Å². The number of fused-ring (bicyclic) bond motifs is 1. The SMILES string of the molecule is CCOC(=O)C1=C(C)N=c2s/c(=C/c3cc([N+](=O)[O-])ccc3N3CCC(C)CC3)c(=O)n2[C@@H]1c1cc(OC)c(OC)cc1Br. The zero-order chi connectivity index (χ0) is 31.7. The summed E-state index contributed by atoms with van der Waals surface area (Å²) >= 11 is 4.77. The number of carbonyl (C=O) groups is 1. The Hall–Kier alpha value is -3.97. The fourth-order valence-electron chi connectivity index (χ4n) is 5.62. The number of carbonyl (C=O) groups excluding carboxylic acids is 1. The van der Waals surface area contributed by atoms with Gasteiger partial charge in [0.25, 0.3) is 11.2 Å². The summed E-state index contributed by atoms with van der Waals surface area (Å²) in [5.41, 5.74) is 2.16. The fraction of sp³-hybridized carbons (Fsp3) is 0.387. The van der Waals surface area contributed by atoms with Crippen molar-refractivity contribution in [1.82, 2.24) is 4.57 Å². The van der Waals surface area contributed by atoms with E-state index in [2.05, 4.69) is 32.7 Å². The summed E-state index contributed by atoms with van der Waals surface area (Å²) in [5.74, 6) is 0.904. The summed E-state index contributed by atoms with van der Waals surface area (Å²) in [5, 5.41) is 11.7. The monoisotopic (exact) mass is 684 g/mol. The predicted molar refractivity (Wildman–Crippen MR) is 171 cm³/mol. The number of hydrogen-bond donors (Lipinski definition) is 0. The number of aromatic nitrogens is 1. The molecule has 5 rings (SSSR count). The van der Waals surface area contributed by atoms with Gasteiger partial charge in [-0.2, -0.15) is 0 Å². The summed E-state index contributed by atoms with van der Waals surface area (Å²) in [7, 11) is 3.03. The van der Waals surface area contributed by atoms with Crippen LogP contribution >= 0.6 is 27.3 Å². The van der Waals surface area contributed by atoms with Crippen LogP contribution in [0.15, 0.2) is 55.9 Å². The van der Waals surface area contributed by atoms with Crippen LogP contribution in [0.1, 0.15) is 50.8 Å². The van der Waals surface area contributed by atoms with Gasteiger partial charge in [-0.05, 0) is 62.4 Å². The molecule has 1 aromatic heterocycles. The number of benzene rings is 2. The highest BCUT2D eigenvalue weighted by Crippen LogP contribution is 2.41. The molecular formula is C31H33BrN4O7S. The average Bonchev–Trinajstić information content (AvgIpc) is 3.30. The third kappa shape index (κ3) is 5.90. The molecule has 1 fully saturated rings. The molecule has 3 heterocycles. The third-order valence-electron chi connectivity index (χ3n) is 7.95. The van der Waals surface area contributed by atoms with E-state index in [1.165, 1.54) is 30.9 Å². The Kier molecular flexibility index (Phi) is 9.26. The van der Waals surface area contributed by atoms with E-state index in [4.69, 9.17) is 14.2 Å². The van der Waals surface area contributed by atoms with Gasteiger partial charge in [-0.3, -0.25) is 19.5 Å². The van der Waals surface area contributed by atoms with Crippen molar-refractivity contribution in [1.29, 1.82) is 0 Å². The van der Waals surface area contributed by atoms with Crippen molar-refractivity contribution in [3.05, 3.63) is 87.0 Å². The van der Waals surface area contributed by atoms with Crippen LogP contribution in [0.5, 0.6) is 11.5 Å². The molecule has 13 heteroatoms. The molecule has 0 bridgehead atoms. The van der Waals surface area contributed by atoms with Crippen molar-refractivity contribution in [3.8, 4) is 11.5 Å². The topological polar surface area (TPSA) is 126 Å². The van der Waals surface area contributed by atoms with Gasteiger partial charge >= 0.3 is 5.97 Å². The second kappa shape index (κ2) is 12.9. The van der Waals surface area contributed by atoms with Crippen molar-refractivity contribution in [3.63, 3.8) is 0 Å². The maximum absolute atomic E-state index is 14.3. The summed E-state index contributed by atoms with van der Waals surface area (Å²) < 4.78 is 18.8. The Bertz CT molecular complexity index is 1840. The van der Waals surface area contributed by atoms with Crippen molar-refractivity contribution < 1.29 is 23.9 Å². The normalized spacial score (nSPS) is 17.3. The molecular weight excluding hydrogens is 652 g/mol. The quantitative estimate of drug-likeness (QED) is 0.190. The largest absolute Gasteiger partial charge is 0.493 e. The van der Waals surface area contributed by atoms with E-state index < -0.39 is 16.9 Å². The Balaban J connectivity index is 1.74.